The summed E-state index contributed by atoms with van der Waals surface area (Å²) in [6.07, 6.45) is 0. The Morgan fingerprint density at radius 3 is 2.12 bits per heavy atom. The molecule has 0 saturated carbocycles. The molecule has 134 valence electrons. The van der Waals surface area contributed by atoms with Crippen molar-refractivity contribution in [3.8, 4) is 0 Å². The fraction of sp³-hybridized carbons (Fsp3) is 0.316. The lowest BCUT2D eigenvalue weighted by molar-refractivity contribution is 0.102. The number of anilines is 1. The van der Waals surface area contributed by atoms with Gasteiger partial charge in [0.2, 0.25) is 10.0 Å². The average Bonchev–Trinajstić information content (AvgIpc) is 2.48. The Balaban J connectivity index is 2.19. The molecule has 25 heavy (non-hydrogen) atoms. The van der Waals surface area contributed by atoms with Gasteiger partial charge in [0.15, 0.2) is 0 Å². The summed E-state index contributed by atoms with van der Waals surface area (Å²) in [6, 6.07) is 11.7. The molecule has 0 fully saturated rings. The van der Waals surface area contributed by atoms with Crippen molar-refractivity contribution in [1.29, 1.82) is 0 Å². The van der Waals surface area contributed by atoms with E-state index in [-0.39, 0.29) is 10.8 Å². The van der Waals surface area contributed by atoms with Gasteiger partial charge in [-0.15, -0.1) is 0 Å². The second-order valence-electron chi connectivity index (χ2n) is 7.15. The number of rotatable bonds is 4. The van der Waals surface area contributed by atoms with Gasteiger partial charge in [0.25, 0.3) is 5.91 Å². The van der Waals surface area contributed by atoms with Crippen molar-refractivity contribution in [3.63, 3.8) is 0 Å². The summed E-state index contributed by atoms with van der Waals surface area (Å²) in [5, 5.41) is 2.86. The highest BCUT2D eigenvalue weighted by molar-refractivity contribution is 7.89. The van der Waals surface area contributed by atoms with Gasteiger partial charge >= 0.3 is 0 Å². The number of hydrogen-bond donors (Lipinski definition) is 2. The van der Waals surface area contributed by atoms with E-state index in [1.807, 2.05) is 32.0 Å². The molecule has 2 aromatic carbocycles. The highest BCUT2D eigenvalue weighted by Gasteiger charge is 2.22. The van der Waals surface area contributed by atoms with E-state index in [9.17, 15) is 13.2 Å². The van der Waals surface area contributed by atoms with Gasteiger partial charge in [-0.3, -0.25) is 4.79 Å². The van der Waals surface area contributed by atoms with Crippen LogP contribution in [0, 0.1) is 13.8 Å². The third-order valence-electron chi connectivity index (χ3n) is 3.51. The number of benzene rings is 2. The lowest BCUT2D eigenvalue weighted by Crippen LogP contribution is -2.40. The van der Waals surface area contributed by atoms with Gasteiger partial charge in [0.1, 0.15) is 0 Å². The third kappa shape index (κ3) is 5.14. The molecule has 0 aliphatic carbocycles. The summed E-state index contributed by atoms with van der Waals surface area (Å²) in [7, 11) is -3.61. The zero-order valence-electron chi connectivity index (χ0n) is 15.2. The van der Waals surface area contributed by atoms with Crippen molar-refractivity contribution in [2.45, 2.75) is 45.1 Å². The summed E-state index contributed by atoms with van der Waals surface area (Å²) < 4.78 is 27.2. The van der Waals surface area contributed by atoms with E-state index < -0.39 is 15.6 Å². The Morgan fingerprint density at radius 2 is 1.56 bits per heavy atom. The first-order valence-corrected chi connectivity index (χ1v) is 9.49. The Labute approximate surface area is 149 Å². The molecule has 5 nitrogen and oxygen atoms in total. The molecule has 2 rings (SSSR count). The molecular formula is C19H24N2O3S. The molecule has 2 aromatic rings. The van der Waals surface area contributed by atoms with Gasteiger partial charge in [-0.2, -0.15) is 0 Å². The topological polar surface area (TPSA) is 75.3 Å². The van der Waals surface area contributed by atoms with Crippen LogP contribution in [0.2, 0.25) is 0 Å². The average molecular weight is 360 g/mol. The molecule has 0 aliphatic rings. The number of hydrogen-bond acceptors (Lipinski definition) is 3. The van der Waals surface area contributed by atoms with Crippen molar-refractivity contribution in [2.75, 3.05) is 5.32 Å². The summed E-state index contributed by atoms with van der Waals surface area (Å²) in [6.45, 7) is 9.20. The second-order valence-corrected chi connectivity index (χ2v) is 8.83. The minimum atomic E-state index is -3.61. The van der Waals surface area contributed by atoms with E-state index in [1.54, 1.807) is 20.8 Å². The van der Waals surface area contributed by atoms with Crippen molar-refractivity contribution in [2.24, 2.45) is 0 Å². The highest BCUT2D eigenvalue weighted by Crippen LogP contribution is 2.18. The number of carbonyl (C=O) groups is 1. The van der Waals surface area contributed by atoms with Crippen LogP contribution in [-0.4, -0.2) is 19.9 Å². The molecule has 6 heteroatoms. The van der Waals surface area contributed by atoms with Crippen molar-refractivity contribution < 1.29 is 13.2 Å². The summed E-state index contributed by atoms with van der Waals surface area (Å²) >= 11 is 0. The maximum atomic E-state index is 12.4. The van der Waals surface area contributed by atoms with E-state index in [0.717, 1.165) is 16.8 Å². The number of nitrogens with one attached hydrogen (secondary N) is 2. The van der Waals surface area contributed by atoms with Gasteiger partial charge in [0, 0.05) is 16.8 Å². The molecule has 0 heterocycles. The lowest BCUT2D eigenvalue weighted by atomic mass is 10.1. The monoisotopic (exact) mass is 360 g/mol. The van der Waals surface area contributed by atoms with Crippen LogP contribution in [0.15, 0.2) is 47.4 Å². The molecule has 2 N–H and O–H groups in total. The minimum Gasteiger partial charge on any atom is -0.322 e. The van der Waals surface area contributed by atoms with Crippen LogP contribution < -0.4 is 10.0 Å². The van der Waals surface area contributed by atoms with Gasteiger partial charge in [0.05, 0.1) is 4.90 Å². The van der Waals surface area contributed by atoms with Crippen LogP contribution in [0.25, 0.3) is 0 Å². The Morgan fingerprint density at radius 1 is 0.960 bits per heavy atom. The van der Waals surface area contributed by atoms with Gasteiger partial charge in [-0.05, 0) is 76.1 Å². The van der Waals surface area contributed by atoms with Crippen molar-refractivity contribution >= 4 is 21.6 Å². The number of aryl methyl sites for hydroxylation is 2. The predicted octanol–water partition coefficient (Wildman–Crippen LogP) is 3.63. The standard InChI is InChI=1S/C19H24N2O3S/c1-13-6-7-14(2)17(12-13)20-18(22)15-8-10-16(11-9-15)25(23,24)21-19(3,4)5/h6-12,21H,1-5H3,(H,20,22). The van der Waals surface area contributed by atoms with Crippen LogP contribution in [0.3, 0.4) is 0 Å². The molecule has 0 unspecified atom stereocenters. The smallest absolute Gasteiger partial charge is 0.255 e. The number of amides is 1. The lowest BCUT2D eigenvalue weighted by Gasteiger charge is -2.20. The Kier molecular flexibility index (Phi) is 5.34. The number of carbonyl (C=O) groups excluding carboxylic acids is 1. The normalized spacial score (nSPS) is 12.0. The molecule has 0 aromatic heterocycles. The van der Waals surface area contributed by atoms with E-state index in [1.165, 1.54) is 24.3 Å². The first-order chi connectivity index (χ1) is 11.5. The zero-order chi connectivity index (χ0) is 18.8. The fourth-order valence-corrected chi connectivity index (χ4v) is 3.73. The summed E-state index contributed by atoms with van der Waals surface area (Å²) in [5.41, 5.74) is 2.59. The maximum Gasteiger partial charge on any atom is 0.255 e. The molecule has 0 aliphatic heterocycles. The van der Waals surface area contributed by atoms with Gasteiger partial charge in [-0.25, -0.2) is 13.1 Å². The van der Waals surface area contributed by atoms with Crippen LogP contribution in [0.1, 0.15) is 42.3 Å². The quantitative estimate of drug-likeness (QED) is 0.874. The van der Waals surface area contributed by atoms with Crippen LogP contribution in [0.4, 0.5) is 5.69 Å². The molecule has 0 atom stereocenters. The van der Waals surface area contributed by atoms with Gasteiger partial charge in [-0.1, -0.05) is 12.1 Å². The number of sulfonamides is 1. The molecule has 1 amide bonds. The van der Waals surface area contributed by atoms with E-state index in [0.29, 0.717) is 5.56 Å². The maximum absolute atomic E-state index is 12.4. The molecule has 0 bridgehead atoms. The predicted molar refractivity (Wildman–Crippen MR) is 100 cm³/mol. The van der Waals surface area contributed by atoms with Crippen LogP contribution >= 0.6 is 0 Å². The van der Waals surface area contributed by atoms with Crippen molar-refractivity contribution in [1.82, 2.24) is 4.72 Å². The summed E-state index contributed by atoms with van der Waals surface area (Å²) in [5.74, 6) is -0.276. The zero-order valence-corrected chi connectivity index (χ0v) is 16.0. The molecular weight excluding hydrogens is 336 g/mol. The van der Waals surface area contributed by atoms with Crippen molar-refractivity contribution in [3.05, 3.63) is 59.2 Å². The molecule has 0 spiro atoms. The first kappa shape index (κ1) is 19.1. The molecule has 0 radical (unpaired) electrons. The highest BCUT2D eigenvalue weighted by atomic mass is 32.2. The second kappa shape index (κ2) is 6.98. The first-order valence-electron chi connectivity index (χ1n) is 8.01. The Hall–Kier alpha value is -2.18. The van der Waals surface area contributed by atoms with E-state index in [2.05, 4.69) is 10.0 Å². The third-order valence-corrected chi connectivity index (χ3v) is 5.28. The van der Waals surface area contributed by atoms with E-state index in [4.69, 9.17) is 0 Å². The molecule has 0 saturated heterocycles. The summed E-state index contributed by atoms with van der Waals surface area (Å²) in [4.78, 5) is 12.5. The Bertz CT molecular complexity index is 880. The largest absolute Gasteiger partial charge is 0.322 e. The van der Waals surface area contributed by atoms with Gasteiger partial charge < -0.3 is 5.32 Å². The fourth-order valence-electron chi connectivity index (χ4n) is 2.31. The SMILES string of the molecule is Cc1ccc(C)c(NC(=O)c2ccc(S(=O)(=O)NC(C)(C)C)cc2)c1. The minimum absolute atomic E-state index is 0.130. The van der Waals surface area contributed by atoms with Crippen LogP contribution in [-0.2, 0) is 10.0 Å². The van der Waals surface area contributed by atoms with E-state index >= 15 is 0 Å². The van der Waals surface area contributed by atoms with Crippen LogP contribution in [0.5, 0.6) is 0 Å².